The topological polar surface area (TPSA) is 26.0 Å². The van der Waals surface area contributed by atoms with E-state index in [1.54, 1.807) is 6.07 Å². The van der Waals surface area contributed by atoms with Gasteiger partial charge in [0.1, 0.15) is 0 Å². The van der Waals surface area contributed by atoms with E-state index >= 15 is 0 Å². The smallest absolute Gasteiger partial charge is 0.159 e. The molecule has 0 bridgehead atoms. The lowest BCUT2D eigenvalue weighted by molar-refractivity contribution is 0.506. The van der Waals surface area contributed by atoms with Crippen molar-refractivity contribution in [2.75, 3.05) is 0 Å². The molecule has 1 aromatic carbocycles. The minimum atomic E-state index is -0.801. The maximum atomic E-state index is 12.7. The van der Waals surface area contributed by atoms with E-state index in [2.05, 4.69) is 0 Å². The van der Waals surface area contributed by atoms with Crippen molar-refractivity contribution in [2.24, 2.45) is 5.73 Å². The van der Waals surface area contributed by atoms with Gasteiger partial charge < -0.3 is 5.73 Å². The highest BCUT2D eigenvalue weighted by Gasteiger charge is 2.02. The SMILES string of the molecule is C[C@H](N)CCc1ccc(F)c(F)c1. The molecule has 13 heavy (non-hydrogen) atoms. The molecule has 0 fully saturated rings. The van der Waals surface area contributed by atoms with Crippen LogP contribution in [0.4, 0.5) is 8.78 Å². The molecule has 0 saturated carbocycles. The Morgan fingerprint density at radius 2 is 2.00 bits per heavy atom. The average Bonchev–Trinajstić information content (AvgIpc) is 2.07. The summed E-state index contributed by atoms with van der Waals surface area (Å²) in [5.74, 6) is -1.59. The van der Waals surface area contributed by atoms with E-state index in [-0.39, 0.29) is 6.04 Å². The van der Waals surface area contributed by atoms with Gasteiger partial charge in [0, 0.05) is 6.04 Å². The van der Waals surface area contributed by atoms with Crippen molar-refractivity contribution in [1.29, 1.82) is 0 Å². The van der Waals surface area contributed by atoms with Gasteiger partial charge in [-0.1, -0.05) is 6.07 Å². The van der Waals surface area contributed by atoms with Crippen LogP contribution >= 0.6 is 0 Å². The number of nitrogens with two attached hydrogens (primary N) is 1. The highest BCUT2D eigenvalue weighted by Crippen LogP contribution is 2.10. The zero-order valence-corrected chi connectivity index (χ0v) is 7.56. The first kappa shape index (κ1) is 10.1. The Morgan fingerprint density at radius 1 is 1.31 bits per heavy atom. The summed E-state index contributed by atoms with van der Waals surface area (Å²) in [5.41, 5.74) is 6.33. The van der Waals surface area contributed by atoms with Crippen LogP contribution in [-0.2, 0) is 6.42 Å². The van der Waals surface area contributed by atoms with E-state index in [1.807, 2.05) is 6.92 Å². The number of aryl methyl sites for hydroxylation is 1. The van der Waals surface area contributed by atoms with Gasteiger partial charge in [-0.3, -0.25) is 0 Å². The van der Waals surface area contributed by atoms with Gasteiger partial charge in [0.05, 0.1) is 0 Å². The third-order valence-electron chi connectivity index (χ3n) is 1.87. The number of halogens is 2. The zero-order chi connectivity index (χ0) is 9.84. The lowest BCUT2D eigenvalue weighted by Gasteiger charge is -2.04. The maximum Gasteiger partial charge on any atom is 0.159 e. The van der Waals surface area contributed by atoms with Crippen LogP contribution in [0.5, 0.6) is 0 Å². The Hall–Kier alpha value is -0.960. The molecule has 0 aliphatic heterocycles. The predicted molar refractivity (Wildman–Crippen MR) is 48.3 cm³/mol. The monoisotopic (exact) mass is 185 g/mol. The predicted octanol–water partition coefficient (Wildman–Crippen LogP) is 2.24. The quantitative estimate of drug-likeness (QED) is 0.767. The molecule has 1 nitrogen and oxygen atoms in total. The molecule has 72 valence electrons. The Balaban J connectivity index is 2.63. The van der Waals surface area contributed by atoms with E-state index in [1.165, 1.54) is 6.07 Å². The van der Waals surface area contributed by atoms with E-state index in [9.17, 15) is 8.78 Å². The van der Waals surface area contributed by atoms with Crippen LogP contribution in [0.25, 0.3) is 0 Å². The Kier molecular flexibility index (Phi) is 3.37. The Bertz CT molecular complexity index is 284. The summed E-state index contributed by atoms with van der Waals surface area (Å²) in [6.45, 7) is 1.89. The summed E-state index contributed by atoms with van der Waals surface area (Å²) >= 11 is 0. The van der Waals surface area contributed by atoms with Crippen molar-refractivity contribution in [3.63, 3.8) is 0 Å². The van der Waals surface area contributed by atoms with Crippen LogP contribution in [0, 0.1) is 11.6 Å². The van der Waals surface area contributed by atoms with E-state index < -0.39 is 11.6 Å². The molecule has 1 aromatic rings. The zero-order valence-electron chi connectivity index (χ0n) is 7.56. The first-order valence-corrected chi connectivity index (χ1v) is 4.29. The maximum absolute atomic E-state index is 12.7. The normalized spacial score (nSPS) is 12.9. The largest absolute Gasteiger partial charge is 0.328 e. The van der Waals surface area contributed by atoms with Crippen LogP contribution in [0.3, 0.4) is 0 Å². The first-order valence-electron chi connectivity index (χ1n) is 4.29. The minimum Gasteiger partial charge on any atom is -0.328 e. The molecular formula is C10H13F2N. The highest BCUT2D eigenvalue weighted by atomic mass is 19.2. The van der Waals surface area contributed by atoms with E-state index in [0.717, 1.165) is 18.1 Å². The Labute approximate surface area is 76.6 Å². The fourth-order valence-electron chi connectivity index (χ4n) is 1.09. The molecule has 0 spiro atoms. The van der Waals surface area contributed by atoms with E-state index in [4.69, 9.17) is 5.73 Å². The van der Waals surface area contributed by atoms with Crippen molar-refractivity contribution in [3.8, 4) is 0 Å². The van der Waals surface area contributed by atoms with Crippen LogP contribution in [0.15, 0.2) is 18.2 Å². The van der Waals surface area contributed by atoms with Crippen LogP contribution in [0.2, 0.25) is 0 Å². The molecule has 0 aromatic heterocycles. The fraction of sp³-hybridized carbons (Fsp3) is 0.400. The first-order chi connectivity index (χ1) is 6.09. The molecule has 0 radical (unpaired) electrons. The number of rotatable bonds is 3. The standard InChI is InChI=1S/C10H13F2N/c1-7(13)2-3-8-4-5-9(11)10(12)6-8/h4-7H,2-3,13H2,1H3/t7-/m0/s1. The van der Waals surface area contributed by atoms with Gasteiger partial charge in [0.15, 0.2) is 11.6 Å². The van der Waals surface area contributed by atoms with Gasteiger partial charge in [-0.15, -0.1) is 0 Å². The lowest BCUT2D eigenvalue weighted by atomic mass is 10.1. The second kappa shape index (κ2) is 4.33. The second-order valence-corrected chi connectivity index (χ2v) is 3.26. The summed E-state index contributed by atoms with van der Waals surface area (Å²) in [5, 5.41) is 0. The van der Waals surface area contributed by atoms with Gasteiger partial charge in [-0.05, 0) is 37.5 Å². The molecule has 2 N–H and O–H groups in total. The van der Waals surface area contributed by atoms with Gasteiger partial charge in [-0.25, -0.2) is 8.78 Å². The lowest BCUT2D eigenvalue weighted by Crippen LogP contribution is -2.15. The van der Waals surface area contributed by atoms with E-state index in [0.29, 0.717) is 6.42 Å². The Morgan fingerprint density at radius 3 is 2.54 bits per heavy atom. The van der Waals surface area contributed by atoms with Crippen molar-refractivity contribution < 1.29 is 8.78 Å². The summed E-state index contributed by atoms with van der Waals surface area (Å²) in [7, 11) is 0. The molecule has 1 atom stereocenters. The second-order valence-electron chi connectivity index (χ2n) is 3.26. The number of benzene rings is 1. The van der Waals surface area contributed by atoms with Gasteiger partial charge in [0.2, 0.25) is 0 Å². The highest BCUT2D eigenvalue weighted by molar-refractivity contribution is 5.17. The molecular weight excluding hydrogens is 172 g/mol. The number of hydrogen-bond acceptors (Lipinski definition) is 1. The van der Waals surface area contributed by atoms with Gasteiger partial charge >= 0.3 is 0 Å². The molecule has 1 rings (SSSR count). The third-order valence-corrected chi connectivity index (χ3v) is 1.87. The van der Waals surface area contributed by atoms with Gasteiger partial charge in [-0.2, -0.15) is 0 Å². The van der Waals surface area contributed by atoms with Gasteiger partial charge in [0.25, 0.3) is 0 Å². The van der Waals surface area contributed by atoms with Crippen molar-refractivity contribution in [1.82, 2.24) is 0 Å². The molecule has 0 heterocycles. The van der Waals surface area contributed by atoms with Crippen LogP contribution in [0.1, 0.15) is 18.9 Å². The molecule has 0 aliphatic carbocycles. The van der Waals surface area contributed by atoms with Crippen LogP contribution < -0.4 is 5.73 Å². The molecule has 0 unspecified atom stereocenters. The average molecular weight is 185 g/mol. The molecule has 3 heteroatoms. The fourth-order valence-corrected chi connectivity index (χ4v) is 1.09. The molecule has 0 aliphatic rings. The van der Waals surface area contributed by atoms with Crippen molar-refractivity contribution in [2.45, 2.75) is 25.8 Å². The van der Waals surface area contributed by atoms with Crippen molar-refractivity contribution in [3.05, 3.63) is 35.4 Å². The number of hydrogen-bond donors (Lipinski definition) is 1. The van der Waals surface area contributed by atoms with Crippen LogP contribution in [-0.4, -0.2) is 6.04 Å². The molecule has 0 amide bonds. The summed E-state index contributed by atoms with van der Waals surface area (Å²) in [6.07, 6.45) is 1.47. The molecule has 0 saturated heterocycles. The summed E-state index contributed by atoms with van der Waals surface area (Å²) in [6, 6.07) is 4.04. The third kappa shape index (κ3) is 3.11. The minimum absolute atomic E-state index is 0.0908. The summed E-state index contributed by atoms with van der Waals surface area (Å²) < 4.78 is 25.2. The summed E-state index contributed by atoms with van der Waals surface area (Å²) in [4.78, 5) is 0. The van der Waals surface area contributed by atoms with Crippen molar-refractivity contribution >= 4 is 0 Å².